The van der Waals surface area contributed by atoms with Gasteiger partial charge in [-0.05, 0) is 83.7 Å². The molecule has 0 unspecified atom stereocenters. The SMILES string of the molecule is CCOC(=O)C(C)(C)c1cn2nc(NCCCN3CCC(OC(c4ccc(C)cc4)c4ccc(C)cc4)CC3)ccc2n1.O=C(O)C=CC(=O)O.O=C(O)C=CC(=O)O. The first-order valence-corrected chi connectivity index (χ1v) is 19.0. The second-order valence-electron chi connectivity index (χ2n) is 14.2. The summed E-state index contributed by atoms with van der Waals surface area (Å²) in [5.41, 5.74) is 5.46. The Morgan fingerprint density at radius 1 is 0.797 bits per heavy atom. The minimum Gasteiger partial charge on any atom is -0.478 e. The number of ether oxygens (including phenoxy) is 2. The van der Waals surface area contributed by atoms with Crippen LogP contribution >= 0.6 is 0 Å². The van der Waals surface area contributed by atoms with Crippen molar-refractivity contribution in [1.82, 2.24) is 19.5 Å². The maximum Gasteiger partial charge on any atom is 0.328 e. The number of carbonyl (C=O) groups excluding carboxylic acids is 1. The topological polar surface area (TPSA) is 230 Å². The number of rotatable bonds is 16. The van der Waals surface area contributed by atoms with Gasteiger partial charge < -0.3 is 40.1 Å². The molecule has 0 aliphatic carbocycles. The molecular weight excluding hydrogens is 762 g/mol. The van der Waals surface area contributed by atoms with Crippen LogP contribution in [-0.4, -0.2) is 109 Å². The maximum atomic E-state index is 12.4. The van der Waals surface area contributed by atoms with Gasteiger partial charge in [-0.15, -0.1) is 5.10 Å². The lowest BCUT2D eigenvalue weighted by Gasteiger charge is -2.34. The number of likely N-dealkylation sites (tertiary alicyclic amines) is 1. The van der Waals surface area contributed by atoms with E-state index in [4.69, 9.17) is 29.9 Å². The first kappa shape index (κ1) is 47.0. The molecule has 59 heavy (non-hydrogen) atoms. The maximum absolute atomic E-state index is 12.4. The zero-order valence-electron chi connectivity index (χ0n) is 33.9. The van der Waals surface area contributed by atoms with Crippen molar-refractivity contribution in [3.8, 4) is 0 Å². The number of carboxylic acid groups (broad SMARTS) is 4. The number of fused-ring (bicyclic) bond motifs is 1. The summed E-state index contributed by atoms with van der Waals surface area (Å²) in [6.45, 7) is 14.0. The molecule has 16 heteroatoms. The number of carbonyl (C=O) groups is 5. The number of hydrogen-bond acceptors (Lipinski definition) is 11. The van der Waals surface area contributed by atoms with Crippen LogP contribution in [0, 0.1) is 13.8 Å². The van der Waals surface area contributed by atoms with Crippen molar-refractivity contribution in [2.24, 2.45) is 0 Å². The van der Waals surface area contributed by atoms with E-state index in [0.717, 1.165) is 51.3 Å². The molecule has 5 N–H and O–H groups in total. The lowest BCUT2D eigenvalue weighted by molar-refractivity contribution is -0.149. The zero-order valence-corrected chi connectivity index (χ0v) is 33.9. The fourth-order valence-electron chi connectivity index (χ4n) is 5.79. The van der Waals surface area contributed by atoms with Crippen molar-refractivity contribution in [3.63, 3.8) is 0 Å². The summed E-state index contributed by atoms with van der Waals surface area (Å²) in [5, 5.41) is 39.3. The molecule has 316 valence electrons. The summed E-state index contributed by atoms with van der Waals surface area (Å²) in [5.74, 6) is -4.53. The predicted octanol–water partition coefficient (Wildman–Crippen LogP) is 5.68. The average molecular weight is 816 g/mol. The number of carboxylic acids is 4. The number of aromatic nitrogens is 3. The van der Waals surface area contributed by atoms with E-state index in [2.05, 4.69) is 82.7 Å². The Labute approximate surface area is 342 Å². The van der Waals surface area contributed by atoms with Crippen LogP contribution in [0.5, 0.6) is 0 Å². The van der Waals surface area contributed by atoms with E-state index in [1.165, 1.54) is 22.3 Å². The van der Waals surface area contributed by atoms with Crippen molar-refractivity contribution < 1.29 is 53.9 Å². The molecular formula is C43H53N5O11. The first-order valence-electron chi connectivity index (χ1n) is 19.0. The fraction of sp³-hybridized carbons (Fsp3) is 0.372. The van der Waals surface area contributed by atoms with Crippen molar-refractivity contribution in [2.45, 2.75) is 71.5 Å². The van der Waals surface area contributed by atoms with Gasteiger partial charge in [0.05, 0.1) is 24.6 Å². The Morgan fingerprint density at radius 2 is 1.29 bits per heavy atom. The lowest BCUT2D eigenvalue weighted by Crippen LogP contribution is -2.38. The Balaban J connectivity index is 0.000000490. The van der Waals surface area contributed by atoms with Crippen LogP contribution in [0.2, 0.25) is 0 Å². The number of aliphatic carboxylic acids is 4. The van der Waals surface area contributed by atoms with Gasteiger partial charge in [-0.3, -0.25) is 4.79 Å². The van der Waals surface area contributed by atoms with E-state index in [9.17, 15) is 24.0 Å². The van der Waals surface area contributed by atoms with Gasteiger partial charge in [-0.2, -0.15) is 0 Å². The van der Waals surface area contributed by atoms with Crippen LogP contribution in [0.4, 0.5) is 5.82 Å². The summed E-state index contributed by atoms with van der Waals surface area (Å²) >= 11 is 0. The van der Waals surface area contributed by atoms with E-state index < -0.39 is 29.3 Å². The number of nitrogens with one attached hydrogen (secondary N) is 1. The fourth-order valence-corrected chi connectivity index (χ4v) is 5.79. The lowest BCUT2D eigenvalue weighted by atomic mass is 9.90. The standard InChI is InChI=1S/C35H45N5O3.2C4H4O4/c1-6-42-34(41)35(4,5)30-24-40-32(37-30)17-16-31(38-40)36-20-7-21-39-22-18-29(19-23-39)43-33(27-12-8-25(2)9-13-27)28-14-10-26(3)11-15-28;2*5-3(6)1-2-4(7)8/h8-17,24,29,33H,6-7,18-23H2,1-5H3,(H,36,38);2*1-2H,(H,5,6)(H,7,8). The Kier molecular flexibility index (Phi) is 18.4. The van der Waals surface area contributed by atoms with Gasteiger partial charge in [0, 0.05) is 43.9 Å². The Morgan fingerprint density at radius 3 is 1.75 bits per heavy atom. The molecule has 5 rings (SSSR count). The third kappa shape index (κ3) is 16.2. The molecule has 3 heterocycles. The molecule has 0 spiro atoms. The van der Waals surface area contributed by atoms with Gasteiger partial charge in [-0.1, -0.05) is 59.7 Å². The average Bonchev–Trinajstić information content (AvgIpc) is 3.64. The Hall–Kier alpha value is -6.39. The largest absolute Gasteiger partial charge is 0.478 e. The second kappa shape index (κ2) is 23.1. The monoisotopic (exact) mass is 815 g/mol. The molecule has 1 saturated heterocycles. The van der Waals surface area contributed by atoms with Gasteiger partial charge in [0.25, 0.3) is 0 Å². The second-order valence-corrected chi connectivity index (χ2v) is 14.2. The number of piperidine rings is 1. The van der Waals surface area contributed by atoms with Crippen LogP contribution in [0.25, 0.3) is 5.65 Å². The van der Waals surface area contributed by atoms with Crippen molar-refractivity contribution in [1.29, 1.82) is 0 Å². The Bertz CT molecular complexity index is 1960. The molecule has 1 fully saturated rings. The summed E-state index contributed by atoms with van der Waals surface area (Å²) < 4.78 is 13.7. The summed E-state index contributed by atoms with van der Waals surface area (Å²) in [7, 11) is 0. The van der Waals surface area contributed by atoms with Crippen molar-refractivity contribution in [3.05, 3.63) is 119 Å². The van der Waals surface area contributed by atoms with Crippen LogP contribution < -0.4 is 5.32 Å². The van der Waals surface area contributed by atoms with Gasteiger partial charge >= 0.3 is 29.8 Å². The van der Waals surface area contributed by atoms with Crippen molar-refractivity contribution in [2.75, 3.05) is 38.1 Å². The van der Waals surface area contributed by atoms with Gasteiger partial charge in [0.1, 0.15) is 17.3 Å². The predicted molar refractivity (Wildman–Crippen MR) is 219 cm³/mol. The number of hydrogen-bond donors (Lipinski definition) is 5. The van der Waals surface area contributed by atoms with Gasteiger partial charge in [0.15, 0.2) is 5.65 Å². The molecule has 0 saturated carbocycles. The highest BCUT2D eigenvalue weighted by atomic mass is 16.5. The molecule has 1 aliphatic heterocycles. The summed E-state index contributed by atoms with van der Waals surface area (Å²) in [6, 6.07) is 21.3. The molecule has 0 radical (unpaired) electrons. The molecule has 2 aromatic heterocycles. The molecule has 2 aromatic carbocycles. The minimum absolute atomic E-state index is 0.0467. The zero-order chi connectivity index (χ0) is 43.5. The number of imidazole rings is 1. The van der Waals surface area contributed by atoms with E-state index in [1.54, 1.807) is 4.52 Å². The molecule has 0 bridgehead atoms. The molecule has 4 aromatic rings. The molecule has 1 aliphatic rings. The van der Waals surface area contributed by atoms with Gasteiger partial charge in [-0.25, -0.2) is 28.7 Å². The van der Waals surface area contributed by atoms with E-state index in [1.807, 2.05) is 39.1 Å². The number of anilines is 1. The summed E-state index contributed by atoms with van der Waals surface area (Å²) in [6.07, 6.45) is 7.32. The highest BCUT2D eigenvalue weighted by Gasteiger charge is 2.34. The van der Waals surface area contributed by atoms with E-state index in [-0.39, 0.29) is 18.2 Å². The normalized spacial score (nSPS) is 13.4. The number of nitrogens with zero attached hydrogens (tertiary/aromatic N) is 4. The van der Waals surface area contributed by atoms with Crippen LogP contribution in [-0.2, 0) is 38.9 Å². The van der Waals surface area contributed by atoms with Gasteiger partial charge in [0.2, 0.25) is 0 Å². The molecule has 0 atom stereocenters. The van der Waals surface area contributed by atoms with E-state index in [0.29, 0.717) is 42.3 Å². The minimum atomic E-state index is -1.26. The summed E-state index contributed by atoms with van der Waals surface area (Å²) in [4.78, 5) is 57.8. The first-order chi connectivity index (χ1) is 28.0. The highest BCUT2D eigenvalue weighted by Crippen LogP contribution is 2.31. The molecule has 0 amide bonds. The molecule has 16 nitrogen and oxygen atoms in total. The highest BCUT2D eigenvalue weighted by molar-refractivity contribution is 5.90. The smallest absolute Gasteiger partial charge is 0.328 e. The third-order valence-electron chi connectivity index (χ3n) is 9.06. The van der Waals surface area contributed by atoms with Crippen LogP contribution in [0.15, 0.2) is 91.2 Å². The number of benzene rings is 2. The van der Waals surface area contributed by atoms with Crippen LogP contribution in [0.1, 0.15) is 74.1 Å². The quantitative estimate of drug-likeness (QED) is 0.0520. The van der Waals surface area contributed by atoms with E-state index >= 15 is 0 Å². The number of aryl methyl sites for hydroxylation is 2. The van der Waals surface area contributed by atoms with Crippen molar-refractivity contribution >= 4 is 41.3 Å². The number of esters is 1. The van der Waals surface area contributed by atoms with Crippen LogP contribution in [0.3, 0.4) is 0 Å². The third-order valence-corrected chi connectivity index (χ3v) is 9.06.